The quantitative estimate of drug-likeness (QED) is 0.233. The summed E-state index contributed by atoms with van der Waals surface area (Å²) in [5, 5.41) is 8.08. The normalized spacial score (nSPS) is 13.5. The Kier molecular flexibility index (Phi) is 9.62. The summed E-state index contributed by atoms with van der Waals surface area (Å²) >= 11 is 0. The van der Waals surface area contributed by atoms with E-state index in [1.165, 1.54) is 0 Å². The van der Waals surface area contributed by atoms with Crippen LogP contribution in [-0.2, 0) is 28.9 Å². The third-order valence-electron chi connectivity index (χ3n) is 7.81. The molecular weight excluding hydrogens is 524 g/mol. The molecule has 7 nitrogen and oxygen atoms in total. The van der Waals surface area contributed by atoms with E-state index in [9.17, 15) is 14.4 Å². The molecule has 4 N–H and O–H groups in total. The molecule has 1 aliphatic heterocycles. The fraction of sp³-hybridized carbons (Fsp3) is 0.286. The number of nitrogens with one attached hydrogen (secondary N) is 2. The van der Waals surface area contributed by atoms with Crippen molar-refractivity contribution in [2.45, 2.75) is 44.6 Å². The summed E-state index contributed by atoms with van der Waals surface area (Å²) < 4.78 is 0. The summed E-state index contributed by atoms with van der Waals surface area (Å²) in [5.41, 5.74) is 10.3. The average Bonchev–Trinajstić information content (AvgIpc) is 3.01. The third kappa shape index (κ3) is 7.04. The van der Waals surface area contributed by atoms with Gasteiger partial charge in [0.2, 0.25) is 11.8 Å². The number of hydrogen-bond acceptors (Lipinski definition) is 4. The molecule has 1 aliphatic rings. The smallest absolute Gasteiger partial charge is 0.258 e. The predicted molar refractivity (Wildman–Crippen MR) is 167 cm³/mol. The summed E-state index contributed by atoms with van der Waals surface area (Å²) in [7, 11) is 0. The maximum atomic E-state index is 13.7. The Morgan fingerprint density at radius 1 is 0.833 bits per heavy atom. The van der Waals surface area contributed by atoms with Gasteiger partial charge < -0.3 is 21.3 Å². The van der Waals surface area contributed by atoms with Crippen LogP contribution in [0.15, 0.2) is 91.0 Å². The molecule has 42 heavy (non-hydrogen) atoms. The molecule has 1 atom stereocenters. The summed E-state index contributed by atoms with van der Waals surface area (Å²) in [6, 6.07) is 29.2. The van der Waals surface area contributed by atoms with Gasteiger partial charge in [-0.15, -0.1) is 0 Å². The number of nitrogens with zero attached hydrogens (tertiary/aromatic N) is 1. The second kappa shape index (κ2) is 13.9. The van der Waals surface area contributed by atoms with Gasteiger partial charge in [0.25, 0.3) is 5.91 Å². The minimum Gasteiger partial charge on any atom is -0.354 e. The zero-order chi connectivity index (χ0) is 29.3. The van der Waals surface area contributed by atoms with Crippen molar-refractivity contribution >= 4 is 34.2 Å². The molecule has 0 bridgehead atoms. The van der Waals surface area contributed by atoms with Crippen LogP contribution in [0, 0.1) is 0 Å². The fourth-order valence-electron chi connectivity index (χ4n) is 5.59. The lowest BCUT2D eigenvalue weighted by molar-refractivity contribution is -0.129. The summed E-state index contributed by atoms with van der Waals surface area (Å²) in [5.74, 6) is -0.496. The van der Waals surface area contributed by atoms with E-state index in [0.717, 1.165) is 46.0 Å². The number of rotatable bonds is 11. The Labute approximate surface area is 247 Å². The van der Waals surface area contributed by atoms with Crippen LogP contribution in [-0.4, -0.2) is 43.4 Å². The molecule has 1 unspecified atom stereocenters. The van der Waals surface area contributed by atoms with Gasteiger partial charge in [-0.1, -0.05) is 78.9 Å². The van der Waals surface area contributed by atoms with Gasteiger partial charge in [-0.05, 0) is 71.8 Å². The van der Waals surface area contributed by atoms with E-state index in [1.807, 2.05) is 78.9 Å². The molecule has 0 saturated carbocycles. The summed E-state index contributed by atoms with van der Waals surface area (Å²) in [6.07, 6.45) is 3.34. The highest BCUT2D eigenvalue weighted by atomic mass is 16.2. The molecule has 0 aliphatic carbocycles. The molecule has 0 spiro atoms. The molecule has 4 aromatic rings. The first-order valence-electron chi connectivity index (χ1n) is 14.8. The number of hydrogen-bond donors (Lipinski definition) is 3. The van der Waals surface area contributed by atoms with Gasteiger partial charge in [0, 0.05) is 37.2 Å². The third-order valence-corrected chi connectivity index (χ3v) is 7.81. The standard InChI is InChI=1S/C35H38N4O3/c36-20-8-21-37-34(41)31(24-25-16-17-26-9-1-2-12-29(26)23-25)38-33(40)15-7-22-39-32-14-6-4-11-28(32)19-18-27-10-3-5-13-30(27)35(39)42/h1-6,9-14,16-17,23,31H,7-8,15,18-22,24,36H2,(H,37,41)(H,38,40). The van der Waals surface area contributed by atoms with Gasteiger partial charge in [0.05, 0.1) is 0 Å². The number of carbonyl (C=O) groups excluding carboxylic acids is 3. The maximum absolute atomic E-state index is 13.7. The van der Waals surface area contributed by atoms with Crippen LogP contribution in [0.2, 0.25) is 0 Å². The Bertz CT molecular complexity index is 1570. The first-order chi connectivity index (χ1) is 20.5. The van der Waals surface area contributed by atoms with Gasteiger partial charge in [-0.3, -0.25) is 14.4 Å². The van der Waals surface area contributed by atoms with E-state index < -0.39 is 6.04 Å². The number of aryl methyl sites for hydroxylation is 2. The fourth-order valence-corrected chi connectivity index (χ4v) is 5.59. The topological polar surface area (TPSA) is 105 Å². The lowest BCUT2D eigenvalue weighted by Crippen LogP contribution is -2.48. The molecule has 7 heteroatoms. The lowest BCUT2D eigenvalue weighted by Gasteiger charge is -2.28. The SMILES string of the molecule is NCCCNC(=O)C(Cc1ccc2ccccc2c1)NC(=O)CCCN1C(=O)c2ccccc2CCc2ccccc21. The molecule has 3 amide bonds. The Morgan fingerprint density at radius 3 is 2.38 bits per heavy atom. The second-order valence-electron chi connectivity index (χ2n) is 10.8. The first kappa shape index (κ1) is 29.0. The molecule has 0 saturated heterocycles. The van der Waals surface area contributed by atoms with E-state index in [2.05, 4.69) is 22.8 Å². The van der Waals surface area contributed by atoms with Gasteiger partial charge >= 0.3 is 0 Å². The van der Waals surface area contributed by atoms with Crippen LogP contribution >= 0.6 is 0 Å². The second-order valence-corrected chi connectivity index (χ2v) is 10.8. The van der Waals surface area contributed by atoms with Crippen molar-refractivity contribution in [2.75, 3.05) is 24.5 Å². The van der Waals surface area contributed by atoms with Gasteiger partial charge in [0.15, 0.2) is 0 Å². The largest absolute Gasteiger partial charge is 0.354 e. The van der Waals surface area contributed by atoms with Crippen molar-refractivity contribution in [3.05, 3.63) is 113 Å². The molecule has 1 heterocycles. The predicted octanol–water partition coefficient (Wildman–Crippen LogP) is 4.56. The van der Waals surface area contributed by atoms with Gasteiger partial charge in [0.1, 0.15) is 6.04 Å². The van der Waals surface area contributed by atoms with Gasteiger partial charge in [-0.25, -0.2) is 0 Å². The van der Waals surface area contributed by atoms with E-state index in [1.54, 1.807) is 4.90 Å². The number of para-hydroxylation sites is 1. The number of amides is 3. The average molecular weight is 563 g/mol. The summed E-state index contributed by atoms with van der Waals surface area (Å²) in [6.45, 7) is 1.33. The number of anilines is 1. The van der Waals surface area contributed by atoms with Crippen molar-refractivity contribution in [1.82, 2.24) is 10.6 Å². The van der Waals surface area contributed by atoms with E-state index in [0.29, 0.717) is 44.5 Å². The Hall–Kier alpha value is -4.49. The molecule has 0 aromatic heterocycles. The molecule has 0 radical (unpaired) electrons. The molecule has 216 valence electrons. The van der Waals surface area contributed by atoms with Crippen LogP contribution in [0.25, 0.3) is 10.8 Å². The minimum absolute atomic E-state index is 0.0494. The van der Waals surface area contributed by atoms with Crippen LogP contribution in [0.3, 0.4) is 0 Å². The summed E-state index contributed by atoms with van der Waals surface area (Å²) in [4.78, 5) is 41.7. The first-order valence-corrected chi connectivity index (χ1v) is 14.8. The lowest BCUT2D eigenvalue weighted by atomic mass is 9.95. The molecule has 5 rings (SSSR count). The minimum atomic E-state index is -0.715. The number of benzene rings is 4. The number of nitrogens with two attached hydrogens (primary N) is 1. The number of fused-ring (bicyclic) bond motifs is 3. The van der Waals surface area contributed by atoms with Crippen LogP contribution < -0.4 is 21.3 Å². The van der Waals surface area contributed by atoms with Crippen molar-refractivity contribution < 1.29 is 14.4 Å². The molecule has 0 fully saturated rings. The zero-order valence-electron chi connectivity index (χ0n) is 23.9. The Balaban J connectivity index is 1.26. The van der Waals surface area contributed by atoms with Crippen LogP contribution in [0.1, 0.15) is 46.3 Å². The van der Waals surface area contributed by atoms with Crippen molar-refractivity contribution in [2.24, 2.45) is 5.73 Å². The number of carbonyl (C=O) groups is 3. The van der Waals surface area contributed by atoms with E-state index >= 15 is 0 Å². The molecular formula is C35H38N4O3. The van der Waals surface area contributed by atoms with E-state index in [4.69, 9.17) is 5.73 Å². The highest BCUT2D eigenvalue weighted by Gasteiger charge is 2.25. The van der Waals surface area contributed by atoms with Crippen molar-refractivity contribution in [1.29, 1.82) is 0 Å². The zero-order valence-corrected chi connectivity index (χ0v) is 23.9. The van der Waals surface area contributed by atoms with Crippen molar-refractivity contribution in [3.8, 4) is 0 Å². The van der Waals surface area contributed by atoms with Gasteiger partial charge in [-0.2, -0.15) is 0 Å². The monoisotopic (exact) mass is 562 g/mol. The van der Waals surface area contributed by atoms with Crippen LogP contribution in [0.5, 0.6) is 0 Å². The Morgan fingerprint density at radius 2 is 1.55 bits per heavy atom. The van der Waals surface area contributed by atoms with E-state index in [-0.39, 0.29) is 24.1 Å². The van der Waals surface area contributed by atoms with Crippen LogP contribution in [0.4, 0.5) is 5.69 Å². The molecule has 4 aromatic carbocycles. The highest BCUT2D eigenvalue weighted by molar-refractivity contribution is 6.07. The highest BCUT2D eigenvalue weighted by Crippen LogP contribution is 2.28. The van der Waals surface area contributed by atoms with Crippen molar-refractivity contribution in [3.63, 3.8) is 0 Å². The maximum Gasteiger partial charge on any atom is 0.258 e.